The van der Waals surface area contributed by atoms with E-state index in [1.54, 1.807) is 17.0 Å². The number of benzene rings is 2. The number of fused-ring (bicyclic) bond motifs is 1. The van der Waals surface area contributed by atoms with Crippen molar-refractivity contribution >= 4 is 16.8 Å². The molecule has 0 aliphatic rings. The normalized spacial score (nSPS) is 10.7. The van der Waals surface area contributed by atoms with Crippen LogP contribution in [0.2, 0.25) is 0 Å². The second-order valence-electron chi connectivity index (χ2n) is 5.95. The summed E-state index contributed by atoms with van der Waals surface area (Å²) < 4.78 is 1.57. The van der Waals surface area contributed by atoms with Crippen LogP contribution in [0.1, 0.15) is 18.4 Å². The van der Waals surface area contributed by atoms with Gasteiger partial charge in [0, 0.05) is 19.5 Å². The van der Waals surface area contributed by atoms with Crippen molar-refractivity contribution in [1.82, 2.24) is 14.9 Å². The zero-order valence-corrected chi connectivity index (χ0v) is 14.0. The summed E-state index contributed by atoms with van der Waals surface area (Å²) in [7, 11) is 0. The maximum atomic E-state index is 12.4. The molecule has 0 saturated heterocycles. The molecule has 2 aromatic carbocycles. The molecule has 128 valence electrons. The lowest BCUT2D eigenvalue weighted by Gasteiger charge is -2.07. The van der Waals surface area contributed by atoms with Crippen LogP contribution in [0.4, 0.5) is 0 Å². The number of carbonyl (C=O) groups is 1. The molecule has 0 aliphatic carbocycles. The van der Waals surface area contributed by atoms with Crippen LogP contribution in [-0.2, 0) is 17.8 Å². The van der Waals surface area contributed by atoms with Crippen molar-refractivity contribution in [3.8, 4) is 0 Å². The van der Waals surface area contributed by atoms with E-state index in [2.05, 4.69) is 10.3 Å². The van der Waals surface area contributed by atoms with E-state index in [1.807, 2.05) is 48.5 Å². The Morgan fingerprint density at radius 2 is 1.80 bits per heavy atom. The van der Waals surface area contributed by atoms with E-state index < -0.39 is 0 Å². The first-order chi connectivity index (χ1) is 12.2. The molecule has 0 spiro atoms. The molecule has 0 aliphatic heterocycles. The van der Waals surface area contributed by atoms with E-state index in [9.17, 15) is 9.59 Å². The summed E-state index contributed by atoms with van der Waals surface area (Å²) in [5, 5.41) is 3.53. The highest BCUT2D eigenvalue weighted by atomic mass is 16.1. The average molecular weight is 335 g/mol. The van der Waals surface area contributed by atoms with Crippen LogP contribution >= 0.6 is 0 Å². The van der Waals surface area contributed by atoms with Gasteiger partial charge in [0.15, 0.2) is 0 Å². The zero-order valence-electron chi connectivity index (χ0n) is 14.0. The predicted octanol–water partition coefficient (Wildman–Crippen LogP) is 2.54. The van der Waals surface area contributed by atoms with Gasteiger partial charge < -0.3 is 5.32 Å². The number of para-hydroxylation sites is 1. The Bertz CT molecular complexity index is 903. The third-order valence-electron chi connectivity index (χ3n) is 4.11. The van der Waals surface area contributed by atoms with Crippen LogP contribution < -0.4 is 10.9 Å². The molecule has 25 heavy (non-hydrogen) atoms. The standard InChI is InChI=1S/C20H21N3O2/c24-19(21-13-12-16-7-2-1-3-8-16)11-6-14-23-15-22-18-10-5-4-9-17(18)20(23)25/h1-5,7-10,15H,6,11-14H2,(H,21,24). The fourth-order valence-electron chi connectivity index (χ4n) is 2.75. The van der Waals surface area contributed by atoms with Gasteiger partial charge in [-0.15, -0.1) is 0 Å². The van der Waals surface area contributed by atoms with E-state index in [0.29, 0.717) is 36.8 Å². The summed E-state index contributed by atoms with van der Waals surface area (Å²) >= 11 is 0. The van der Waals surface area contributed by atoms with Crippen molar-refractivity contribution in [1.29, 1.82) is 0 Å². The second-order valence-corrected chi connectivity index (χ2v) is 5.95. The van der Waals surface area contributed by atoms with Gasteiger partial charge in [0.25, 0.3) is 5.56 Å². The van der Waals surface area contributed by atoms with Crippen LogP contribution in [0.25, 0.3) is 10.9 Å². The van der Waals surface area contributed by atoms with Crippen molar-refractivity contribution in [3.63, 3.8) is 0 Å². The maximum Gasteiger partial charge on any atom is 0.261 e. The fraction of sp³-hybridized carbons (Fsp3) is 0.250. The molecule has 3 rings (SSSR count). The summed E-state index contributed by atoms with van der Waals surface area (Å²) in [6.45, 7) is 1.11. The Kier molecular flexibility index (Phi) is 5.57. The van der Waals surface area contributed by atoms with Gasteiger partial charge in [-0.05, 0) is 30.5 Å². The van der Waals surface area contributed by atoms with E-state index >= 15 is 0 Å². The van der Waals surface area contributed by atoms with Crippen molar-refractivity contribution < 1.29 is 4.79 Å². The topological polar surface area (TPSA) is 64.0 Å². The van der Waals surface area contributed by atoms with E-state index in [4.69, 9.17) is 0 Å². The molecule has 3 aromatic rings. The van der Waals surface area contributed by atoms with Gasteiger partial charge in [0.1, 0.15) is 0 Å². The van der Waals surface area contributed by atoms with Crippen LogP contribution in [0, 0.1) is 0 Å². The smallest absolute Gasteiger partial charge is 0.261 e. The highest BCUT2D eigenvalue weighted by Gasteiger charge is 2.05. The van der Waals surface area contributed by atoms with Crippen molar-refractivity contribution in [2.45, 2.75) is 25.8 Å². The van der Waals surface area contributed by atoms with Gasteiger partial charge in [-0.2, -0.15) is 0 Å². The molecular formula is C20H21N3O2. The molecule has 0 bridgehead atoms. The molecule has 5 heteroatoms. The van der Waals surface area contributed by atoms with Crippen LogP contribution in [-0.4, -0.2) is 22.0 Å². The lowest BCUT2D eigenvalue weighted by atomic mass is 10.1. The molecule has 0 fully saturated rings. The maximum absolute atomic E-state index is 12.4. The quantitative estimate of drug-likeness (QED) is 0.722. The number of hydrogen-bond donors (Lipinski definition) is 1. The van der Waals surface area contributed by atoms with Gasteiger partial charge in [0.05, 0.1) is 17.2 Å². The minimum Gasteiger partial charge on any atom is -0.356 e. The van der Waals surface area contributed by atoms with Crippen LogP contribution in [0.15, 0.2) is 65.7 Å². The van der Waals surface area contributed by atoms with Crippen molar-refractivity contribution in [2.24, 2.45) is 0 Å². The number of carbonyl (C=O) groups excluding carboxylic acids is 1. The molecular weight excluding hydrogens is 314 g/mol. The number of nitrogens with zero attached hydrogens (tertiary/aromatic N) is 2. The molecule has 0 atom stereocenters. The largest absolute Gasteiger partial charge is 0.356 e. The van der Waals surface area contributed by atoms with E-state index in [0.717, 1.165) is 6.42 Å². The lowest BCUT2D eigenvalue weighted by molar-refractivity contribution is -0.121. The summed E-state index contributed by atoms with van der Waals surface area (Å²) in [6, 6.07) is 17.3. The Morgan fingerprint density at radius 3 is 2.64 bits per heavy atom. The highest BCUT2D eigenvalue weighted by molar-refractivity contribution is 5.77. The van der Waals surface area contributed by atoms with Gasteiger partial charge in [-0.1, -0.05) is 42.5 Å². The van der Waals surface area contributed by atoms with E-state index in [-0.39, 0.29) is 11.5 Å². The lowest BCUT2D eigenvalue weighted by Crippen LogP contribution is -2.26. The molecule has 0 radical (unpaired) electrons. The van der Waals surface area contributed by atoms with Gasteiger partial charge >= 0.3 is 0 Å². The average Bonchev–Trinajstić information content (AvgIpc) is 2.65. The van der Waals surface area contributed by atoms with Gasteiger partial charge in [-0.3, -0.25) is 14.2 Å². The molecule has 0 unspecified atom stereocenters. The third-order valence-corrected chi connectivity index (χ3v) is 4.11. The second kappa shape index (κ2) is 8.24. The molecule has 1 heterocycles. The minimum atomic E-state index is -0.0601. The number of nitrogens with one attached hydrogen (secondary N) is 1. The van der Waals surface area contributed by atoms with Crippen molar-refractivity contribution in [3.05, 3.63) is 76.8 Å². The molecule has 1 N–H and O–H groups in total. The zero-order chi connectivity index (χ0) is 17.5. The predicted molar refractivity (Wildman–Crippen MR) is 98.4 cm³/mol. The fourth-order valence-corrected chi connectivity index (χ4v) is 2.75. The summed E-state index contributed by atoms with van der Waals surface area (Å²) in [6.07, 6.45) is 3.38. The van der Waals surface area contributed by atoms with Crippen LogP contribution in [0.5, 0.6) is 0 Å². The number of rotatable bonds is 7. The Hall–Kier alpha value is -2.95. The van der Waals surface area contributed by atoms with Gasteiger partial charge in [-0.25, -0.2) is 4.98 Å². The van der Waals surface area contributed by atoms with Crippen molar-refractivity contribution in [2.75, 3.05) is 6.54 Å². The Morgan fingerprint density at radius 1 is 1.04 bits per heavy atom. The third kappa shape index (κ3) is 4.53. The number of amides is 1. The summed E-state index contributed by atoms with van der Waals surface area (Å²) in [5.41, 5.74) is 1.84. The molecule has 0 saturated carbocycles. The Labute approximate surface area is 146 Å². The molecule has 5 nitrogen and oxygen atoms in total. The Balaban J connectivity index is 1.45. The molecule has 1 aromatic heterocycles. The number of aryl methyl sites for hydroxylation is 1. The monoisotopic (exact) mass is 335 g/mol. The summed E-state index contributed by atoms with van der Waals surface area (Å²) in [5.74, 6) is 0.0118. The van der Waals surface area contributed by atoms with E-state index in [1.165, 1.54) is 5.56 Å². The van der Waals surface area contributed by atoms with Gasteiger partial charge in [0.2, 0.25) is 5.91 Å². The summed E-state index contributed by atoms with van der Waals surface area (Å²) in [4.78, 5) is 28.5. The first-order valence-corrected chi connectivity index (χ1v) is 8.49. The number of hydrogen-bond acceptors (Lipinski definition) is 3. The first kappa shape index (κ1) is 16.9. The first-order valence-electron chi connectivity index (χ1n) is 8.49. The van der Waals surface area contributed by atoms with Crippen LogP contribution in [0.3, 0.4) is 0 Å². The molecule has 1 amide bonds. The minimum absolute atomic E-state index is 0.0118. The number of aromatic nitrogens is 2. The SMILES string of the molecule is O=C(CCCn1cnc2ccccc2c1=O)NCCc1ccccc1. The highest BCUT2D eigenvalue weighted by Crippen LogP contribution is 2.05.